The van der Waals surface area contributed by atoms with Crippen LogP contribution < -0.4 is 0 Å². The van der Waals surface area contributed by atoms with E-state index in [0.29, 0.717) is 20.4 Å². The van der Waals surface area contributed by atoms with Crippen molar-refractivity contribution in [3.05, 3.63) is 33.8 Å². The van der Waals surface area contributed by atoms with Gasteiger partial charge in [-0.05, 0) is 31.0 Å². The zero-order valence-electron chi connectivity index (χ0n) is 10.7. The molecule has 1 aliphatic rings. The second-order valence-electron chi connectivity index (χ2n) is 4.94. The van der Waals surface area contributed by atoms with Crippen LogP contribution in [0.25, 0.3) is 0 Å². The molecule has 0 heterocycles. The first-order valence-electron chi connectivity index (χ1n) is 6.36. The SMILES string of the molecule is CN(C(=O)c1cc(Cl)cc(Cl)c1)C1CCCCC1Br. The zero-order valence-corrected chi connectivity index (χ0v) is 13.8. The van der Waals surface area contributed by atoms with Crippen LogP contribution in [0.2, 0.25) is 10.0 Å². The molecule has 1 fully saturated rings. The molecule has 0 spiro atoms. The van der Waals surface area contributed by atoms with E-state index in [9.17, 15) is 4.79 Å². The second kappa shape index (κ2) is 6.47. The van der Waals surface area contributed by atoms with Crippen LogP contribution in [0.15, 0.2) is 18.2 Å². The van der Waals surface area contributed by atoms with Gasteiger partial charge in [0, 0.05) is 33.5 Å². The zero-order chi connectivity index (χ0) is 14.0. The third kappa shape index (κ3) is 3.65. The number of nitrogens with zero attached hydrogens (tertiary/aromatic N) is 1. The lowest BCUT2D eigenvalue weighted by Crippen LogP contribution is -2.44. The number of rotatable bonds is 2. The summed E-state index contributed by atoms with van der Waals surface area (Å²) in [6.07, 6.45) is 4.53. The minimum Gasteiger partial charge on any atom is -0.338 e. The van der Waals surface area contributed by atoms with Crippen LogP contribution in [-0.4, -0.2) is 28.7 Å². The Morgan fingerprint density at radius 1 is 1.21 bits per heavy atom. The van der Waals surface area contributed by atoms with E-state index in [-0.39, 0.29) is 11.9 Å². The summed E-state index contributed by atoms with van der Waals surface area (Å²) in [7, 11) is 1.85. The molecule has 0 radical (unpaired) electrons. The van der Waals surface area contributed by atoms with Crippen molar-refractivity contribution in [1.82, 2.24) is 4.90 Å². The van der Waals surface area contributed by atoms with E-state index >= 15 is 0 Å². The quantitative estimate of drug-likeness (QED) is 0.692. The van der Waals surface area contributed by atoms with Crippen molar-refractivity contribution in [2.24, 2.45) is 0 Å². The van der Waals surface area contributed by atoms with Crippen molar-refractivity contribution in [2.45, 2.75) is 36.6 Å². The second-order valence-corrected chi connectivity index (χ2v) is 6.99. The van der Waals surface area contributed by atoms with Crippen LogP contribution in [0, 0.1) is 0 Å². The van der Waals surface area contributed by atoms with Gasteiger partial charge >= 0.3 is 0 Å². The topological polar surface area (TPSA) is 20.3 Å². The van der Waals surface area contributed by atoms with Crippen molar-refractivity contribution in [3.8, 4) is 0 Å². The Morgan fingerprint density at radius 2 is 1.79 bits per heavy atom. The molecule has 5 heteroatoms. The molecule has 1 aromatic carbocycles. The normalized spacial score (nSPS) is 23.2. The summed E-state index contributed by atoms with van der Waals surface area (Å²) in [5.41, 5.74) is 0.547. The third-order valence-corrected chi connectivity index (χ3v) is 5.08. The Hall–Kier alpha value is -0.250. The number of carbonyl (C=O) groups is 1. The summed E-state index contributed by atoms with van der Waals surface area (Å²) in [5, 5.41) is 0.978. The van der Waals surface area contributed by atoms with Crippen molar-refractivity contribution >= 4 is 45.0 Å². The molecule has 1 saturated carbocycles. The van der Waals surface area contributed by atoms with Gasteiger partial charge in [-0.1, -0.05) is 52.0 Å². The molecule has 0 aliphatic heterocycles. The van der Waals surface area contributed by atoms with E-state index in [2.05, 4.69) is 15.9 Å². The lowest BCUT2D eigenvalue weighted by molar-refractivity contribution is 0.0705. The molecule has 1 aromatic rings. The predicted molar refractivity (Wildman–Crippen MR) is 83.5 cm³/mol. The molecule has 2 atom stereocenters. The summed E-state index contributed by atoms with van der Waals surface area (Å²) in [5.74, 6) is -0.0271. The van der Waals surface area contributed by atoms with Gasteiger partial charge in [-0.25, -0.2) is 0 Å². The molecule has 0 bridgehead atoms. The summed E-state index contributed by atoms with van der Waals surface area (Å²) in [4.78, 5) is 14.7. The van der Waals surface area contributed by atoms with Gasteiger partial charge in [-0.2, -0.15) is 0 Å². The van der Waals surface area contributed by atoms with Gasteiger partial charge < -0.3 is 4.90 Å². The van der Waals surface area contributed by atoms with Crippen LogP contribution in [-0.2, 0) is 0 Å². The third-order valence-electron chi connectivity index (χ3n) is 3.57. The Bertz CT molecular complexity index is 460. The lowest BCUT2D eigenvalue weighted by Gasteiger charge is -2.35. The van der Waals surface area contributed by atoms with Crippen LogP contribution in [0.1, 0.15) is 36.0 Å². The van der Waals surface area contributed by atoms with Crippen molar-refractivity contribution < 1.29 is 4.79 Å². The van der Waals surface area contributed by atoms with Gasteiger partial charge in [0.2, 0.25) is 0 Å². The molecule has 1 amide bonds. The van der Waals surface area contributed by atoms with Crippen LogP contribution >= 0.6 is 39.1 Å². The van der Waals surface area contributed by atoms with Gasteiger partial charge in [0.05, 0.1) is 0 Å². The summed E-state index contributed by atoms with van der Waals surface area (Å²) in [6.45, 7) is 0. The number of benzene rings is 1. The molecule has 2 nitrogen and oxygen atoms in total. The van der Waals surface area contributed by atoms with E-state index in [1.807, 2.05) is 7.05 Å². The van der Waals surface area contributed by atoms with Crippen molar-refractivity contribution in [2.75, 3.05) is 7.05 Å². The van der Waals surface area contributed by atoms with Crippen LogP contribution in [0.3, 0.4) is 0 Å². The number of carbonyl (C=O) groups excluding carboxylic acids is 1. The minimum absolute atomic E-state index is 0.0271. The molecule has 2 rings (SSSR count). The van der Waals surface area contributed by atoms with Crippen molar-refractivity contribution in [3.63, 3.8) is 0 Å². The smallest absolute Gasteiger partial charge is 0.253 e. The highest BCUT2D eigenvalue weighted by molar-refractivity contribution is 9.09. The summed E-state index contributed by atoms with van der Waals surface area (Å²) in [6, 6.07) is 5.20. The number of hydrogen-bond acceptors (Lipinski definition) is 1. The maximum absolute atomic E-state index is 12.5. The fourth-order valence-electron chi connectivity index (χ4n) is 2.53. The first kappa shape index (κ1) is 15.1. The summed E-state index contributed by atoms with van der Waals surface area (Å²) >= 11 is 15.6. The van der Waals surface area contributed by atoms with E-state index in [0.717, 1.165) is 12.8 Å². The number of halogens is 3. The molecule has 2 unspecified atom stereocenters. The molecule has 104 valence electrons. The van der Waals surface area contributed by atoms with Gasteiger partial charge in [-0.15, -0.1) is 0 Å². The van der Waals surface area contributed by atoms with Gasteiger partial charge in [0.25, 0.3) is 5.91 Å². The van der Waals surface area contributed by atoms with E-state index < -0.39 is 0 Å². The Balaban J connectivity index is 2.18. The van der Waals surface area contributed by atoms with E-state index in [1.165, 1.54) is 12.8 Å². The van der Waals surface area contributed by atoms with E-state index in [4.69, 9.17) is 23.2 Å². The number of alkyl halides is 1. The van der Waals surface area contributed by atoms with Crippen LogP contribution in [0.5, 0.6) is 0 Å². The highest BCUT2D eigenvalue weighted by Crippen LogP contribution is 2.29. The molecule has 0 N–H and O–H groups in total. The number of hydrogen-bond donors (Lipinski definition) is 0. The predicted octanol–water partition coefficient (Wildman–Crippen LogP) is 4.77. The average molecular weight is 365 g/mol. The Kier molecular flexibility index (Phi) is 5.15. The summed E-state index contributed by atoms with van der Waals surface area (Å²) < 4.78 is 0. The van der Waals surface area contributed by atoms with Crippen LogP contribution in [0.4, 0.5) is 0 Å². The number of amides is 1. The average Bonchev–Trinajstić information content (AvgIpc) is 2.36. The fraction of sp³-hybridized carbons (Fsp3) is 0.500. The Morgan fingerprint density at radius 3 is 2.37 bits per heavy atom. The first-order chi connectivity index (χ1) is 8.99. The Labute approximate surface area is 132 Å². The van der Waals surface area contributed by atoms with E-state index in [1.54, 1.807) is 23.1 Å². The first-order valence-corrected chi connectivity index (χ1v) is 8.03. The molecular formula is C14H16BrCl2NO. The highest BCUT2D eigenvalue weighted by Gasteiger charge is 2.29. The maximum Gasteiger partial charge on any atom is 0.253 e. The van der Waals surface area contributed by atoms with Crippen molar-refractivity contribution in [1.29, 1.82) is 0 Å². The minimum atomic E-state index is -0.0271. The monoisotopic (exact) mass is 363 g/mol. The van der Waals surface area contributed by atoms with Gasteiger partial charge in [-0.3, -0.25) is 4.79 Å². The molecule has 0 saturated heterocycles. The molecular weight excluding hydrogens is 349 g/mol. The molecule has 0 aromatic heterocycles. The highest BCUT2D eigenvalue weighted by atomic mass is 79.9. The largest absolute Gasteiger partial charge is 0.338 e. The maximum atomic E-state index is 12.5. The van der Waals surface area contributed by atoms with Gasteiger partial charge in [0.1, 0.15) is 0 Å². The fourth-order valence-corrected chi connectivity index (χ4v) is 4.00. The standard InChI is InChI=1S/C14H16BrCl2NO/c1-18(13-5-3-2-4-12(13)15)14(19)9-6-10(16)8-11(17)7-9/h6-8,12-13H,2-5H2,1H3. The molecule has 1 aliphatic carbocycles. The molecule has 19 heavy (non-hydrogen) atoms. The van der Waals surface area contributed by atoms with Gasteiger partial charge in [0.15, 0.2) is 0 Å². The lowest BCUT2D eigenvalue weighted by atomic mass is 9.94.